The maximum atomic E-state index is 13.3. The highest BCUT2D eigenvalue weighted by atomic mass is 32.1. The van der Waals surface area contributed by atoms with Crippen molar-refractivity contribution in [3.05, 3.63) is 70.7 Å². The molecule has 1 atom stereocenters. The minimum absolute atomic E-state index is 0.0149. The first-order chi connectivity index (χ1) is 14.7. The number of nitrogens with one attached hydrogen (secondary N) is 1. The number of likely N-dealkylation sites (N-methyl/N-ethyl adjacent to an activating group) is 1. The van der Waals surface area contributed by atoms with E-state index in [1.807, 2.05) is 49.3 Å². The zero-order valence-corrected chi connectivity index (χ0v) is 18.1. The van der Waals surface area contributed by atoms with E-state index in [0.717, 1.165) is 36.6 Å². The zero-order valence-electron chi connectivity index (χ0n) is 17.2. The number of aromatic nitrogens is 1. The van der Waals surface area contributed by atoms with Crippen LogP contribution in [0.1, 0.15) is 27.8 Å². The number of pyridine rings is 1. The second-order valence-electron chi connectivity index (χ2n) is 7.28. The summed E-state index contributed by atoms with van der Waals surface area (Å²) < 4.78 is 6.36. The number of benzene rings is 1. The zero-order chi connectivity index (χ0) is 20.9. The monoisotopic (exact) mass is 422 g/mol. The lowest BCUT2D eigenvalue weighted by atomic mass is 10.1. The Morgan fingerprint density at radius 1 is 1.23 bits per heavy atom. The van der Waals surface area contributed by atoms with Crippen molar-refractivity contribution in [1.82, 2.24) is 10.3 Å². The average Bonchev–Trinajstić information content (AvgIpc) is 3.27. The number of carbonyl (C=O) groups excluding carboxylic acids is 1. The number of nitrogens with zero attached hydrogens (tertiary/aromatic N) is 3. The van der Waals surface area contributed by atoms with Crippen LogP contribution in [0.15, 0.2) is 60.2 Å². The smallest absolute Gasteiger partial charge is 0.260 e. The minimum atomic E-state index is -0.0227. The Bertz CT molecular complexity index is 992. The maximum absolute atomic E-state index is 13.3. The molecule has 156 valence electrons. The van der Waals surface area contributed by atoms with Crippen molar-refractivity contribution in [3.63, 3.8) is 0 Å². The molecule has 4 rings (SSSR count). The average molecular weight is 423 g/mol. The normalized spacial score (nSPS) is 14.9. The van der Waals surface area contributed by atoms with E-state index in [0.29, 0.717) is 12.1 Å². The molecule has 0 aliphatic carbocycles. The van der Waals surface area contributed by atoms with Crippen LogP contribution < -0.4 is 19.9 Å². The van der Waals surface area contributed by atoms with Crippen molar-refractivity contribution in [3.8, 4) is 5.75 Å². The second kappa shape index (κ2) is 9.28. The molecule has 0 bridgehead atoms. The summed E-state index contributed by atoms with van der Waals surface area (Å²) in [6.07, 6.45) is 4.27. The van der Waals surface area contributed by atoms with Crippen LogP contribution in [0.4, 0.5) is 11.4 Å². The van der Waals surface area contributed by atoms with Crippen molar-refractivity contribution in [2.45, 2.75) is 12.5 Å². The van der Waals surface area contributed by atoms with Crippen LogP contribution in [0.5, 0.6) is 5.75 Å². The molecule has 3 aromatic rings. The molecule has 1 unspecified atom stereocenters. The predicted molar refractivity (Wildman–Crippen MR) is 122 cm³/mol. The van der Waals surface area contributed by atoms with Gasteiger partial charge in [0.15, 0.2) is 0 Å². The molecule has 1 aliphatic rings. The van der Waals surface area contributed by atoms with E-state index < -0.39 is 0 Å². The van der Waals surface area contributed by atoms with Gasteiger partial charge in [0.1, 0.15) is 11.9 Å². The molecular formula is C23H26N4O2S. The Kier molecular flexibility index (Phi) is 6.30. The van der Waals surface area contributed by atoms with E-state index in [4.69, 9.17) is 4.74 Å². The molecule has 1 N–H and O–H groups in total. The first kappa shape index (κ1) is 20.4. The molecule has 1 aromatic carbocycles. The standard InChI is InChI=1S/C23H26N4O2S/c1-24-10-9-21(22-7-4-14-30-22)29-18-6-3-5-17(15-18)27-13-12-26(2)20-16-25-11-8-19(20)23(27)28/h3-8,11,14-16,21,24H,9-10,12-13H2,1-2H3. The number of hydrogen-bond donors (Lipinski definition) is 1. The van der Waals surface area contributed by atoms with Gasteiger partial charge in [-0.15, -0.1) is 11.3 Å². The number of fused-ring (bicyclic) bond motifs is 1. The molecular weight excluding hydrogens is 396 g/mol. The quantitative estimate of drug-likeness (QED) is 0.624. The SMILES string of the molecule is CNCCC(Oc1cccc(N2CCN(C)c3cnccc3C2=O)c1)c1cccs1. The van der Waals surface area contributed by atoms with E-state index in [-0.39, 0.29) is 12.0 Å². The molecule has 0 fully saturated rings. The predicted octanol–water partition coefficient (Wildman–Crippen LogP) is 3.97. The molecule has 30 heavy (non-hydrogen) atoms. The van der Waals surface area contributed by atoms with Gasteiger partial charge in [0, 0.05) is 49.4 Å². The minimum Gasteiger partial charge on any atom is -0.485 e. The number of thiophene rings is 1. The van der Waals surface area contributed by atoms with Gasteiger partial charge in [0.2, 0.25) is 0 Å². The van der Waals surface area contributed by atoms with Gasteiger partial charge < -0.3 is 19.9 Å². The highest BCUT2D eigenvalue weighted by Crippen LogP contribution is 2.32. The lowest BCUT2D eigenvalue weighted by Gasteiger charge is -2.23. The van der Waals surface area contributed by atoms with Gasteiger partial charge >= 0.3 is 0 Å². The van der Waals surface area contributed by atoms with Gasteiger partial charge in [-0.1, -0.05) is 12.1 Å². The number of hydrogen-bond acceptors (Lipinski definition) is 6. The molecule has 0 radical (unpaired) electrons. The van der Waals surface area contributed by atoms with Crippen LogP contribution in [-0.4, -0.2) is 44.6 Å². The van der Waals surface area contributed by atoms with Gasteiger partial charge in [-0.25, -0.2) is 0 Å². The molecule has 0 saturated carbocycles. The molecule has 2 aromatic heterocycles. The molecule has 1 amide bonds. The maximum Gasteiger partial charge on any atom is 0.260 e. The molecule has 0 saturated heterocycles. The number of anilines is 2. The topological polar surface area (TPSA) is 57.7 Å². The van der Waals surface area contributed by atoms with Gasteiger partial charge in [0.25, 0.3) is 5.91 Å². The van der Waals surface area contributed by atoms with Crippen molar-refractivity contribution in [2.24, 2.45) is 0 Å². The fourth-order valence-corrected chi connectivity index (χ4v) is 4.42. The third kappa shape index (κ3) is 4.32. The van der Waals surface area contributed by atoms with E-state index in [1.54, 1.807) is 29.8 Å². The molecule has 1 aliphatic heterocycles. The first-order valence-electron chi connectivity index (χ1n) is 10.1. The summed E-state index contributed by atoms with van der Waals surface area (Å²) in [5.74, 6) is 0.751. The number of rotatable bonds is 7. The van der Waals surface area contributed by atoms with Crippen molar-refractivity contribution in [2.75, 3.05) is 43.5 Å². The summed E-state index contributed by atoms with van der Waals surface area (Å²) in [5.41, 5.74) is 2.37. The first-order valence-corrected chi connectivity index (χ1v) is 11.0. The summed E-state index contributed by atoms with van der Waals surface area (Å²) in [4.78, 5) is 22.5. The Hall–Kier alpha value is -2.90. The molecule has 0 spiro atoms. The molecule has 6 nitrogen and oxygen atoms in total. The fourth-order valence-electron chi connectivity index (χ4n) is 3.63. The number of ether oxygens (including phenoxy) is 1. The Morgan fingerprint density at radius 2 is 2.13 bits per heavy atom. The Morgan fingerprint density at radius 3 is 2.93 bits per heavy atom. The van der Waals surface area contributed by atoms with E-state index in [2.05, 4.69) is 26.6 Å². The summed E-state index contributed by atoms with van der Waals surface area (Å²) >= 11 is 1.70. The Labute approximate surface area is 181 Å². The highest BCUT2D eigenvalue weighted by molar-refractivity contribution is 7.10. The Balaban J connectivity index is 1.59. The largest absolute Gasteiger partial charge is 0.485 e. The van der Waals surface area contributed by atoms with Crippen LogP contribution >= 0.6 is 11.3 Å². The van der Waals surface area contributed by atoms with Crippen molar-refractivity contribution < 1.29 is 9.53 Å². The lowest BCUT2D eigenvalue weighted by Crippen LogP contribution is -2.33. The summed E-state index contributed by atoms with van der Waals surface area (Å²) in [6, 6.07) is 13.8. The van der Waals surface area contributed by atoms with Crippen molar-refractivity contribution >= 4 is 28.6 Å². The van der Waals surface area contributed by atoms with Gasteiger partial charge in [-0.05, 0) is 43.2 Å². The van der Waals surface area contributed by atoms with Crippen LogP contribution in [-0.2, 0) is 0 Å². The third-order valence-electron chi connectivity index (χ3n) is 5.27. The number of carbonyl (C=O) groups is 1. The number of amides is 1. The highest BCUT2D eigenvalue weighted by Gasteiger charge is 2.26. The van der Waals surface area contributed by atoms with E-state index in [1.165, 1.54) is 4.88 Å². The third-order valence-corrected chi connectivity index (χ3v) is 6.23. The lowest BCUT2D eigenvalue weighted by molar-refractivity contribution is 0.0990. The fraction of sp³-hybridized carbons (Fsp3) is 0.304. The van der Waals surface area contributed by atoms with Crippen LogP contribution in [0.3, 0.4) is 0 Å². The van der Waals surface area contributed by atoms with Crippen LogP contribution in [0.2, 0.25) is 0 Å². The van der Waals surface area contributed by atoms with Gasteiger partial charge in [-0.2, -0.15) is 0 Å². The summed E-state index contributed by atoms with van der Waals surface area (Å²) in [6.45, 7) is 2.20. The van der Waals surface area contributed by atoms with E-state index in [9.17, 15) is 4.79 Å². The van der Waals surface area contributed by atoms with Crippen LogP contribution in [0.25, 0.3) is 0 Å². The molecule has 3 heterocycles. The van der Waals surface area contributed by atoms with Crippen LogP contribution in [0, 0.1) is 0 Å². The molecule has 7 heteroatoms. The van der Waals surface area contributed by atoms with Gasteiger partial charge in [0.05, 0.1) is 17.4 Å². The summed E-state index contributed by atoms with van der Waals surface area (Å²) in [5, 5.41) is 5.27. The summed E-state index contributed by atoms with van der Waals surface area (Å²) in [7, 11) is 3.94. The second-order valence-corrected chi connectivity index (χ2v) is 8.26. The van der Waals surface area contributed by atoms with E-state index >= 15 is 0 Å². The van der Waals surface area contributed by atoms with Crippen molar-refractivity contribution in [1.29, 1.82) is 0 Å². The van der Waals surface area contributed by atoms with Gasteiger partial charge in [-0.3, -0.25) is 9.78 Å².